The van der Waals surface area contributed by atoms with E-state index in [9.17, 15) is 4.79 Å². The number of hydrogen-bond donors (Lipinski definition) is 0. The summed E-state index contributed by atoms with van der Waals surface area (Å²) in [4.78, 5) is 14.5. The van der Waals surface area contributed by atoms with Crippen LogP contribution in [0.25, 0.3) is 5.69 Å². The lowest BCUT2D eigenvalue weighted by molar-refractivity contribution is 0.0773. The fourth-order valence-electron chi connectivity index (χ4n) is 3.50. The highest BCUT2D eigenvalue weighted by Crippen LogP contribution is 2.26. The largest absolute Gasteiger partial charge is 0.341 e. The van der Waals surface area contributed by atoms with E-state index >= 15 is 0 Å². The van der Waals surface area contributed by atoms with Gasteiger partial charge in [0.2, 0.25) is 0 Å². The Balaban J connectivity index is 1.73. The van der Waals surface area contributed by atoms with Gasteiger partial charge in [-0.1, -0.05) is 12.8 Å². The number of amides is 1. The van der Waals surface area contributed by atoms with Crippen LogP contribution in [0.15, 0.2) is 28.7 Å². The second-order valence-corrected chi connectivity index (χ2v) is 7.57. The highest BCUT2D eigenvalue weighted by atomic mass is 79.9. The molecule has 0 radical (unpaired) electrons. The van der Waals surface area contributed by atoms with Gasteiger partial charge in [0, 0.05) is 19.2 Å². The first-order valence-electron chi connectivity index (χ1n) is 8.55. The van der Waals surface area contributed by atoms with E-state index in [0.717, 1.165) is 33.7 Å². The molecule has 1 amide bonds. The molecule has 0 saturated heterocycles. The van der Waals surface area contributed by atoms with Gasteiger partial charge in [-0.15, -0.1) is 0 Å². The van der Waals surface area contributed by atoms with Crippen molar-refractivity contribution in [2.24, 2.45) is 5.92 Å². The summed E-state index contributed by atoms with van der Waals surface area (Å²) in [6, 6.07) is 7.71. The molecule has 1 fully saturated rings. The highest BCUT2D eigenvalue weighted by Gasteiger charge is 2.20. The van der Waals surface area contributed by atoms with E-state index in [1.807, 2.05) is 54.7 Å². The van der Waals surface area contributed by atoms with Crippen LogP contribution in [0.4, 0.5) is 0 Å². The highest BCUT2D eigenvalue weighted by molar-refractivity contribution is 9.10. The van der Waals surface area contributed by atoms with Crippen LogP contribution in [0.1, 0.15) is 47.4 Å². The topological polar surface area (TPSA) is 38.1 Å². The molecular weight excluding hydrogens is 366 g/mol. The first-order valence-corrected chi connectivity index (χ1v) is 9.34. The minimum absolute atomic E-state index is 0.1000. The lowest BCUT2D eigenvalue weighted by Gasteiger charge is -2.21. The summed E-state index contributed by atoms with van der Waals surface area (Å²) in [5.41, 5.74) is 3.73. The summed E-state index contributed by atoms with van der Waals surface area (Å²) in [7, 11) is 1.91. The van der Waals surface area contributed by atoms with Crippen molar-refractivity contribution < 1.29 is 4.79 Å². The zero-order chi connectivity index (χ0) is 17.3. The molecule has 2 aromatic rings. The molecule has 4 nitrogen and oxygen atoms in total. The average Bonchev–Trinajstić information content (AvgIpc) is 3.18. The van der Waals surface area contributed by atoms with E-state index < -0.39 is 0 Å². The lowest BCUT2D eigenvalue weighted by Crippen LogP contribution is -2.31. The third-order valence-electron chi connectivity index (χ3n) is 4.92. The Labute approximate surface area is 152 Å². The van der Waals surface area contributed by atoms with Gasteiger partial charge in [-0.05, 0) is 72.8 Å². The van der Waals surface area contributed by atoms with Gasteiger partial charge in [0.1, 0.15) is 0 Å². The SMILES string of the molecule is Cc1nn(-c2ccc(C(=O)N(C)CC3CCCC3)cc2)c(C)c1Br. The summed E-state index contributed by atoms with van der Waals surface area (Å²) in [6.07, 6.45) is 5.12. The van der Waals surface area contributed by atoms with Crippen LogP contribution in [0.5, 0.6) is 0 Å². The summed E-state index contributed by atoms with van der Waals surface area (Å²) in [6.45, 7) is 4.87. The second-order valence-electron chi connectivity index (χ2n) is 6.78. The number of aryl methyl sites for hydroxylation is 1. The van der Waals surface area contributed by atoms with Crippen molar-refractivity contribution in [3.8, 4) is 5.69 Å². The number of benzene rings is 1. The zero-order valence-corrected chi connectivity index (χ0v) is 16.1. The smallest absolute Gasteiger partial charge is 0.253 e. The number of carbonyl (C=O) groups excluding carboxylic acids is 1. The first kappa shape index (κ1) is 17.2. The van der Waals surface area contributed by atoms with Crippen molar-refractivity contribution in [2.45, 2.75) is 39.5 Å². The van der Waals surface area contributed by atoms with Gasteiger partial charge in [0.05, 0.1) is 21.5 Å². The summed E-state index contributed by atoms with van der Waals surface area (Å²) < 4.78 is 2.93. The second kappa shape index (κ2) is 7.09. The number of halogens is 1. The maximum absolute atomic E-state index is 12.6. The first-order chi connectivity index (χ1) is 11.5. The molecular formula is C19H24BrN3O. The standard InChI is InChI=1S/C19H24BrN3O/c1-13-18(20)14(2)23(21-13)17-10-8-16(9-11-17)19(24)22(3)12-15-6-4-5-7-15/h8-11,15H,4-7,12H2,1-3H3. The van der Waals surface area contributed by atoms with E-state index in [4.69, 9.17) is 0 Å². The maximum atomic E-state index is 12.6. The summed E-state index contributed by atoms with van der Waals surface area (Å²) in [5, 5.41) is 4.53. The molecule has 1 aromatic carbocycles. The Morgan fingerprint density at radius 1 is 1.25 bits per heavy atom. The van der Waals surface area contributed by atoms with Crippen molar-refractivity contribution in [1.82, 2.24) is 14.7 Å². The molecule has 128 valence electrons. The van der Waals surface area contributed by atoms with Crippen molar-refractivity contribution in [3.63, 3.8) is 0 Å². The maximum Gasteiger partial charge on any atom is 0.253 e. The van der Waals surface area contributed by atoms with E-state index in [2.05, 4.69) is 21.0 Å². The Morgan fingerprint density at radius 3 is 2.42 bits per heavy atom. The van der Waals surface area contributed by atoms with Crippen LogP contribution in [0.2, 0.25) is 0 Å². The van der Waals surface area contributed by atoms with Crippen molar-refractivity contribution in [3.05, 3.63) is 45.7 Å². The van der Waals surface area contributed by atoms with Crippen LogP contribution in [-0.4, -0.2) is 34.2 Å². The molecule has 1 aromatic heterocycles. The van der Waals surface area contributed by atoms with Crippen LogP contribution in [-0.2, 0) is 0 Å². The Hall–Kier alpha value is -1.62. The van der Waals surface area contributed by atoms with Crippen LogP contribution in [0, 0.1) is 19.8 Å². The molecule has 1 aliphatic carbocycles. The summed E-state index contributed by atoms with van der Waals surface area (Å²) in [5.74, 6) is 0.772. The number of carbonyl (C=O) groups is 1. The summed E-state index contributed by atoms with van der Waals surface area (Å²) >= 11 is 3.55. The molecule has 0 atom stereocenters. The van der Waals surface area contributed by atoms with E-state index in [1.165, 1.54) is 25.7 Å². The van der Waals surface area contributed by atoms with Gasteiger partial charge < -0.3 is 4.90 Å². The third kappa shape index (κ3) is 3.41. The van der Waals surface area contributed by atoms with Crippen molar-refractivity contribution in [1.29, 1.82) is 0 Å². The van der Waals surface area contributed by atoms with Gasteiger partial charge in [0.15, 0.2) is 0 Å². The van der Waals surface area contributed by atoms with Gasteiger partial charge in [-0.3, -0.25) is 4.79 Å². The number of hydrogen-bond acceptors (Lipinski definition) is 2. The molecule has 5 heteroatoms. The predicted molar refractivity (Wildman–Crippen MR) is 99.7 cm³/mol. The lowest BCUT2D eigenvalue weighted by atomic mass is 10.1. The molecule has 1 aliphatic rings. The van der Waals surface area contributed by atoms with Gasteiger partial charge in [-0.25, -0.2) is 4.68 Å². The molecule has 3 rings (SSSR count). The number of aromatic nitrogens is 2. The minimum Gasteiger partial charge on any atom is -0.341 e. The van der Waals surface area contributed by atoms with E-state index in [1.54, 1.807) is 0 Å². The van der Waals surface area contributed by atoms with E-state index in [-0.39, 0.29) is 5.91 Å². The molecule has 0 bridgehead atoms. The van der Waals surface area contributed by atoms with Crippen LogP contribution in [0.3, 0.4) is 0 Å². The van der Waals surface area contributed by atoms with Crippen molar-refractivity contribution >= 4 is 21.8 Å². The quantitative estimate of drug-likeness (QED) is 0.770. The fraction of sp³-hybridized carbons (Fsp3) is 0.474. The Morgan fingerprint density at radius 2 is 1.88 bits per heavy atom. The van der Waals surface area contributed by atoms with E-state index in [0.29, 0.717) is 5.92 Å². The Kier molecular flexibility index (Phi) is 5.09. The average molecular weight is 390 g/mol. The number of rotatable bonds is 4. The monoisotopic (exact) mass is 389 g/mol. The van der Waals surface area contributed by atoms with Crippen molar-refractivity contribution in [2.75, 3.05) is 13.6 Å². The third-order valence-corrected chi connectivity index (χ3v) is 6.06. The van der Waals surface area contributed by atoms with Gasteiger partial charge in [0.25, 0.3) is 5.91 Å². The van der Waals surface area contributed by atoms with Crippen LogP contribution >= 0.6 is 15.9 Å². The molecule has 0 N–H and O–H groups in total. The van der Waals surface area contributed by atoms with Crippen LogP contribution < -0.4 is 0 Å². The number of nitrogens with zero attached hydrogens (tertiary/aromatic N) is 3. The fourth-order valence-corrected chi connectivity index (χ4v) is 3.75. The van der Waals surface area contributed by atoms with Gasteiger partial charge >= 0.3 is 0 Å². The molecule has 1 saturated carbocycles. The van der Waals surface area contributed by atoms with Gasteiger partial charge in [-0.2, -0.15) is 5.10 Å². The predicted octanol–water partition coefficient (Wildman–Crippen LogP) is 4.51. The zero-order valence-electron chi connectivity index (χ0n) is 14.6. The minimum atomic E-state index is 0.1000. The normalized spacial score (nSPS) is 15.0. The molecule has 0 aliphatic heterocycles. The Bertz CT molecular complexity index is 730. The molecule has 24 heavy (non-hydrogen) atoms. The molecule has 1 heterocycles. The molecule has 0 spiro atoms. The molecule has 0 unspecified atom stereocenters.